The SMILES string of the molecule is Cc1ccc(C(N)=O)cc1Cc1ccc(-c2nc3c(C(=O)NCc4ccccc4)c(C(C)(C)C)[nH]n3n2)cc1. The van der Waals surface area contributed by atoms with Gasteiger partial charge in [-0.25, -0.2) is 4.98 Å². The number of H-pyrrole nitrogens is 1. The summed E-state index contributed by atoms with van der Waals surface area (Å²) in [5.74, 6) is -0.106. The lowest BCUT2D eigenvalue weighted by Crippen LogP contribution is -2.26. The van der Waals surface area contributed by atoms with Crippen LogP contribution in [-0.4, -0.2) is 31.6 Å². The number of hydrogen-bond acceptors (Lipinski definition) is 4. The molecular formula is C31H32N6O2. The zero-order valence-corrected chi connectivity index (χ0v) is 22.6. The summed E-state index contributed by atoms with van der Waals surface area (Å²) in [6.07, 6.45) is 0.672. The van der Waals surface area contributed by atoms with Crippen molar-refractivity contribution in [2.24, 2.45) is 5.73 Å². The van der Waals surface area contributed by atoms with Crippen LogP contribution in [0.2, 0.25) is 0 Å². The van der Waals surface area contributed by atoms with Crippen LogP contribution in [-0.2, 0) is 18.4 Å². The molecule has 0 fully saturated rings. The molecule has 8 heteroatoms. The molecule has 0 atom stereocenters. The number of nitrogens with zero attached hydrogens (tertiary/aromatic N) is 3. The quantitative estimate of drug-likeness (QED) is 0.281. The molecule has 0 saturated carbocycles. The van der Waals surface area contributed by atoms with Gasteiger partial charge in [-0.3, -0.25) is 14.7 Å². The summed E-state index contributed by atoms with van der Waals surface area (Å²) in [5.41, 5.74) is 12.5. The number of aromatic nitrogens is 4. The minimum absolute atomic E-state index is 0.196. The summed E-state index contributed by atoms with van der Waals surface area (Å²) >= 11 is 0. The molecule has 3 aromatic carbocycles. The third kappa shape index (κ3) is 5.45. The smallest absolute Gasteiger partial charge is 0.257 e. The maximum atomic E-state index is 13.4. The van der Waals surface area contributed by atoms with Crippen LogP contribution in [0.1, 0.15) is 69.4 Å². The number of carbonyl (C=O) groups is 2. The van der Waals surface area contributed by atoms with Gasteiger partial charge in [0.2, 0.25) is 5.91 Å². The van der Waals surface area contributed by atoms with Crippen LogP contribution < -0.4 is 11.1 Å². The van der Waals surface area contributed by atoms with E-state index in [0.717, 1.165) is 33.5 Å². The number of nitrogens with one attached hydrogen (secondary N) is 2. The Labute approximate surface area is 227 Å². The lowest BCUT2D eigenvalue weighted by Gasteiger charge is -2.18. The second-order valence-corrected chi connectivity index (χ2v) is 10.8. The van der Waals surface area contributed by atoms with Gasteiger partial charge >= 0.3 is 0 Å². The predicted molar refractivity (Wildman–Crippen MR) is 152 cm³/mol. The highest BCUT2D eigenvalue weighted by Gasteiger charge is 2.29. The molecule has 8 nitrogen and oxygen atoms in total. The Morgan fingerprint density at radius 1 is 0.974 bits per heavy atom. The zero-order chi connectivity index (χ0) is 27.7. The molecule has 198 valence electrons. The van der Waals surface area contributed by atoms with Crippen molar-refractivity contribution in [2.45, 2.75) is 46.1 Å². The third-order valence-corrected chi connectivity index (χ3v) is 6.81. The number of hydrogen-bond donors (Lipinski definition) is 3. The Balaban J connectivity index is 1.42. The van der Waals surface area contributed by atoms with Crippen molar-refractivity contribution < 1.29 is 9.59 Å². The minimum Gasteiger partial charge on any atom is -0.366 e. The van der Waals surface area contributed by atoms with Gasteiger partial charge in [0.15, 0.2) is 11.5 Å². The summed E-state index contributed by atoms with van der Waals surface area (Å²) in [7, 11) is 0. The van der Waals surface area contributed by atoms with Gasteiger partial charge in [-0.2, -0.15) is 4.63 Å². The molecule has 0 aliphatic heterocycles. The van der Waals surface area contributed by atoms with Crippen LogP contribution in [0.3, 0.4) is 0 Å². The van der Waals surface area contributed by atoms with Crippen molar-refractivity contribution in [3.63, 3.8) is 0 Å². The highest BCUT2D eigenvalue weighted by Crippen LogP contribution is 2.29. The summed E-state index contributed by atoms with van der Waals surface area (Å²) in [4.78, 5) is 29.7. The predicted octanol–water partition coefficient (Wildman–Crippen LogP) is 4.95. The molecule has 0 spiro atoms. The molecule has 0 unspecified atom stereocenters. The number of aromatic amines is 1. The fraction of sp³-hybridized carbons (Fsp3) is 0.226. The van der Waals surface area contributed by atoms with Gasteiger partial charge in [-0.05, 0) is 47.7 Å². The molecule has 5 aromatic rings. The van der Waals surface area contributed by atoms with Crippen molar-refractivity contribution >= 4 is 17.5 Å². The lowest BCUT2D eigenvalue weighted by molar-refractivity contribution is 0.0949. The molecule has 4 N–H and O–H groups in total. The van der Waals surface area contributed by atoms with E-state index in [1.165, 1.54) is 0 Å². The maximum Gasteiger partial charge on any atom is 0.257 e. The minimum atomic E-state index is -0.434. The van der Waals surface area contributed by atoms with Crippen LogP contribution in [0.4, 0.5) is 0 Å². The van der Waals surface area contributed by atoms with E-state index in [-0.39, 0.29) is 11.3 Å². The van der Waals surface area contributed by atoms with Crippen molar-refractivity contribution in [3.05, 3.63) is 112 Å². The number of carbonyl (C=O) groups excluding carboxylic acids is 2. The van der Waals surface area contributed by atoms with E-state index in [1.807, 2.05) is 94.4 Å². The van der Waals surface area contributed by atoms with E-state index in [1.54, 1.807) is 10.7 Å². The molecule has 39 heavy (non-hydrogen) atoms. The summed E-state index contributed by atoms with van der Waals surface area (Å²) < 4.78 is 1.58. The first kappa shape index (κ1) is 25.9. The molecule has 5 rings (SSSR count). The Bertz CT molecular complexity index is 1660. The van der Waals surface area contributed by atoms with E-state index < -0.39 is 5.91 Å². The summed E-state index contributed by atoms with van der Waals surface area (Å²) in [6.45, 7) is 8.59. The first-order valence-electron chi connectivity index (χ1n) is 12.9. The largest absolute Gasteiger partial charge is 0.366 e. The van der Waals surface area contributed by atoms with Gasteiger partial charge in [-0.15, -0.1) is 5.10 Å². The molecule has 0 radical (unpaired) electrons. The molecule has 2 amide bonds. The van der Waals surface area contributed by atoms with Crippen LogP contribution >= 0.6 is 0 Å². The summed E-state index contributed by atoms with van der Waals surface area (Å²) in [5, 5.41) is 11.0. The van der Waals surface area contributed by atoms with E-state index in [0.29, 0.717) is 35.6 Å². The third-order valence-electron chi connectivity index (χ3n) is 6.81. The van der Waals surface area contributed by atoms with E-state index in [9.17, 15) is 9.59 Å². The van der Waals surface area contributed by atoms with Crippen molar-refractivity contribution in [2.75, 3.05) is 0 Å². The van der Waals surface area contributed by atoms with Crippen molar-refractivity contribution in [1.82, 2.24) is 25.1 Å². The normalized spacial score (nSPS) is 11.6. The number of benzene rings is 3. The number of primary amides is 1. The van der Waals surface area contributed by atoms with Gasteiger partial charge in [-0.1, -0.05) is 81.4 Å². The van der Waals surface area contributed by atoms with Crippen LogP contribution in [0.5, 0.6) is 0 Å². The number of fused-ring (bicyclic) bond motifs is 1. The van der Waals surface area contributed by atoms with Crippen molar-refractivity contribution in [3.8, 4) is 11.4 Å². The van der Waals surface area contributed by atoms with E-state index in [2.05, 4.69) is 15.5 Å². The number of nitrogens with two attached hydrogens (primary N) is 1. The van der Waals surface area contributed by atoms with Gasteiger partial charge in [0.25, 0.3) is 5.91 Å². The van der Waals surface area contributed by atoms with Crippen LogP contribution in [0, 0.1) is 6.92 Å². The second-order valence-electron chi connectivity index (χ2n) is 10.8. The van der Waals surface area contributed by atoms with Crippen molar-refractivity contribution in [1.29, 1.82) is 0 Å². The summed E-state index contributed by atoms with van der Waals surface area (Å²) in [6, 6.07) is 23.3. The Kier molecular flexibility index (Phi) is 6.78. The first-order valence-corrected chi connectivity index (χ1v) is 12.9. The molecule has 2 aromatic heterocycles. The van der Waals surface area contributed by atoms with Gasteiger partial charge in [0.05, 0.1) is 5.69 Å². The number of amides is 2. The molecule has 0 aliphatic carbocycles. The van der Waals surface area contributed by atoms with Crippen LogP contribution in [0.25, 0.3) is 17.0 Å². The molecule has 0 aliphatic rings. The Morgan fingerprint density at radius 2 is 1.69 bits per heavy atom. The number of aryl methyl sites for hydroxylation is 1. The second kappa shape index (κ2) is 10.2. The number of rotatable bonds is 7. The molecular weight excluding hydrogens is 488 g/mol. The van der Waals surface area contributed by atoms with Gasteiger partial charge in [0, 0.05) is 23.1 Å². The highest BCUT2D eigenvalue weighted by atomic mass is 16.2. The van der Waals surface area contributed by atoms with Crippen LogP contribution in [0.15, 0.2) is 72.8 Å². The zero-order valence-electron chi connectivity index (χ0n) is 22.6. The molecule has 0 bridgehead atoms. The topological polar surface area (TPSA) is 118 Å². The molecule has 0 saturated heterocycles. The van der Waals surface area contributed by atoms with Gasteiger partial charge in [0.1, 0.15) is 5.56 Å². The Morgan fingerprint density at radius 3 is 2.36 bits per heavy atom. The monoisotopic (exact) mass is 520 g/mol. The maximum absolute atomic E-state index is 13.4. The average molecular weight is 521 g/mol. The highest BCUT2D eigenvalue weighted by molar-refractivity contribution is 6.01. The first-order chi connectivity index (χ1) is 18.6. The molecule has 2 heterocycles. The standard InChI is InChI=1S/C31H32N6O2/c1-19-10-13-23(27(32)38)17-24(19)16-20-11-14-22(15-12-20)28-34-29-25(26(31(2,3)4)35-37(29)36-28)30(39)33-18-21-8-6-5-7-9-21/h5-15,17,35H,16,18H2,1-4H3,(H2,32,38)(H,33,39). The lowest BCUT2D eigenvalue weighted by atomic mass is 9.89. The van der Waals surface area contributed by atoms with Gasteiger partial charge < -0.3 is 11.1 Å². The Hall–Kier alpha value is -4.72. The van der Waals surface area contributed by atoms with E-state index in [4.69, 9.17) is 10.7 Å². The average Bonchev–Trinajstić information content (AvgIpc) is 3.48. The van der Waals surface area contributed by atoms with E-state index >= 15 is 0 Å². The fourth-order valence-electron chi connectivity index (χ4n) is 4.58. The fourth-order valence-corrected chi connectivity index (χ4v) is 4.58.